The molecular formula is C11H16ClN3O4S. The number of hydrazine groups is 1. The van der Waals surface area contributed by atoms with Gasteiger partial charge in [0.15, 0.2) is 0 Å². The average molecular weight is 322 g/mol. The van der Waals surface area contributed by atoms with Crippen LogP contribution in [0.4, 0.5) is 5.69 Å². The lowest BCUT2D eigenvalue weighted by atomic mass is 10.3. The lowest BCUT2D eigenvalue weighted by Crippen LogP contribution is -2.43. The van der Waals surface area contributed by atoms with Crippen LogP contribution >= 0.6 is 11.6 Å². The van der Waals surface area contributed by atoms with Crippen molar-refractivity contribution in [3.63, 3.8) is 0 Å². The van der Waals surface area contributed by atoms with Gasteiger partial charge in [0.05, 0.1) is 18.6 Å². The number of methoxy groups -OCH3 is 1. The number of halogens is 1. The van der Waals surface area contributed by atoms with Crippen LogP contribution in [0.1, 0.15) is 6.92 Å². The van der Waals surface area contributed by atoms with Crippen molar-refractivity contribution in [3.8, 4) is 5.75 Å². The highest BCUT2D eigenvalue weighted by Gasteiger charge is 2.26. The van der Waals surface area contributed by atoms with Gasteiger partial charge in [-0.3, -0.25) is 14.5 Å². The normalized spacial score (nSPS) is 11.0. The molecule has 0 fully saturated rings. The van der Waals surface area contributed by atoms with Crippen LogP contribution in [0.2, 0.25) is 5.02 Å². The molecule has 0 saturated carbocycles. The Hall–Kier alpha value is -1.51. The van der Waals surface area contributed by atoms with E-state index >= 15 is 0 Å². The minimum atomic E-state index is -3.69. The third kappa shape index (κ3) is 3.75. The predicted octanol–water partition coefficient (Wildman–Crippen LogP) is 0.495. The summed E-state index contributed by atoms with van der Waals surface area (Å²) in [6.07, 6.45) is 0. The largest absolute Gasteiger partial charge is 0.495 e. The van der Waals surface area contributed by atoms with Crippen molar-refractivity contribution in [3.05, 3.63) is 23.2 Å². The number of rotatable bonds is 6. The van der Waals surface area contributed by atoms with E-state index in [1.807, 2.05) is 5.43 Å². The predicted molar refractivity (Wildman–Crippen MR) is 77.1 cm³/mol. The second-order valence-corrected chi connectivity index (χ2v) is 6.41. The molecule has 0 spiro atoms. The quantitative estimate of drug-likeness (QED) is 0.451. The zero-order chi connectivity index (χ0) is 15.3. The molecule has 0 aliphatic rings. The molecule has 0 unspecified atom stereocenters. The van der Waals surface area contributed by atoms with Crippen LogP contribution in [0.25, 0.3) is 0 Å². The number of anilines is 1. The molecule has 1 aromatic carbocycles. The molecule has 0 bridgehead atoms. The fourth-order valence-corrected chi connectivity index (χ4v) is 2.76. The van der Waals surface area contributed by atoms with E-state index in [2.05, 4.69) is 0 Å². The Morgan fingerprint density at radius 2 is 2.15 bits per heavy atom. The molecule has 0 radical (unpaired) electrons. The molecule has 0 aliphatic carbocycles. The Morgan fingerprint density at radius 1 is 1.50 bits per heavy atom. The van der Waals surface area contributed by atoms with Crippen molar-refractivity contribution in [1.29, 1.82) is 0 Å². The molecule has 20 heavy (non-hydrogen) atoms. The minimum Gasteiger partial charge on any atom is -0.495 e. The van der Waals surface area contributed by atoms with E-state index in [4.69, 9.17) is 22.2 Å². The molecule has 1 rings (SSSR count). The van der Waals surface area contributed by atoms with Gasteiger partial charge in [0.1, 0.15) is 12.3 Å². The van der Waals surface area contributed by atoms with Gasteiger partial charge in [-0.25, -0.2) is 14.3 Å². The number of benzene rings is 1. The number of nitrogens with zero attached hydrogens (tertiary/aromatic N) is 1. The van der Waals surface area contributed by atoms with Crippen LogP contribution in [0.3, 0.4) is 0 Å². The Kier molecular flexibility index (Phi) is 5.61. The lowest BCUT2D eigenvalue weighted by molar-refractivity contribution is -0.119. The van der Waals surface area contributed by atoms with E-state index in [0.717, 1.165) is 4.31 Å². The molecule has 0 aliphatic heterocycles. The van der Waals surface area contributed by atoms with E-state index in [1.165, 1.54) is 26.2 Å². The third-order valence-electron chi connectivity index (χ3n) is 2.56. The number of nitrogens with two attached hydrogens (primary N) is 1. The SMILES string of the molecule is CCS(=O)(=O)N(CC(=O)NN)c1cc(Cl)ccc1OC. The van der Waals surface area contributed by atoms with Gasteiger partial charge in [-0.15, -0.1) is 0 Å². The second-order valence-electron chi connectivity index (χ2n) is 3.79. The van der Waals surface area contributed by atoms with Crippen LogP contribution in [0.5, 0.6) is 5.75 Å². The highest BCUT2D eigenvalue weighted by molar-refractivity contribution is 7.92. The molecule has 0 saturated heterocycles. The number of carbonyl (C=O) groups excluding carboxylic acids is 1. The Morgan fingerprint density at radius 3 is 2.65 bits per heavy atom. The molecule has 0 heterocycles. The van der Waals surface area contributed by atoms with E-state index in [0.29, 0.717) is 5.02 Å². The zero-order valence-corrected chi connectivity index (χ0v) is 12.7. The standard InChI is InChI=1S/C11H16ClN3O4S/c1-3-20(17,18)15(7-11(16)14-13)9-6-8(12)4-5-10(9)19-2/h4-6H,3,7,13H2,1-2H3,(H,14,16). The molecule has 0 atom stereocenters. The topological polar surface area (TPSA) is 102 Å². The molecule has 0 aromatic heterocycles. The maximum absolute atomic E-state index is 12.1. The van der Waals surface area contributed by atoms with Crippen molar-refractivity contribution in [2.45, 2.75) is 6.92 Å². The minimum absolute atomic E-state index is 0.180. The van der Waals surface area contributed by atoms with E-state index in [-0.39, 0.29) is 17.2 Å². The van der Waals surface area contributed by atoms with Crippen molar-refractivity contribution >= 4 is 33.2 Å². The van der Waals surface area contributed by atoms with Crippen molar-refractivity contribution in [1.82, 2.24) is 5.43 Å². The first-order valence-electron chi connectivity index (χ1n) is 5.69. The monoisotopic (exact) mass is 321 g/mol. The Balaban J connectivity index is 3.37. The van der Waals surface area contributed by atoms with Crippen LogP contribution in [0, 0.1) is 0 Å². The molecule has 1 amide bonds. The van der Waals surface area contributed by atoms with Crippen molar-refractivity contribution in [2.24, 2.45) is 5.84 Å². The summed E-state index contributed by atoms with van der Waals surface area (Å²) in [6.45, 7) is 1.02. The first kappa shape index (κ1) is 16.5. The second kappa shape index (κ2) is 6.78. The molecule has 112 valence electrons. The maximum Gasteiger partial charge on any atom is 0.254 e. The Labute approximate surface area is 122 Å². The zero-order valence-electron chi connectivity index (χ0n) is 11.1. The summed E-state index contributed by atoms with van der Waals surface area (Å²) in [5.74, 6) is 4.46. The maximum atomic E-state index is 12.1. The molecular weight excluding hydrogens is 306 g/mol. The van der Waals surface area contributed by atoms with Gasteiger partial charge >= 0.3 is 0 Å². The summed E-state index contributed by atoms with van der Waals surface area (Å²) in [5.41, 5.74) is 2.08. The van der Waals surface area contributed by atoms with Crippen LogP contribution < -0.4 is 20.3 Å². The number of sulfonamides is 1. The molecule has 7 nitrogen and oxygen atoms in total. The lowest BCUT2D eigenvalue weighted by Gasteiger charge is -2.24. The summed E-state index contributed by atoms with van der Waals surface area (Å²) in [4.78, 5) is 11.4. The summed E-state index contributed by atoms with van der Waals surface area (Å²) in [7, 11) is -2.29. The van der Waals surface area contributed by atoms with Crippen LogP contribution in [-0.4, -0.2) is 33.7 Å². The number of hydrogen-bond acceptors (Lipinski definition) is 5. The van der Waals surface area contributed by atoms with Gasteiger partial charge in [-0.1, -0.05) is 11.6 Å². The molecule has 1 aromatic rings. The summed E-state index contributed by atoms with van der Waals surface area (Å²) < 4.78 is 30.3. The number of ether oxygens (including phenoxy) is 1. The van der Waals surface area contributed by atoms with E-state index in [1.54, 1.807) is 6.07 Å². The van der Waals surface area contributed by atoms with E-state index in [9.17, 15) is 13.2 Å². The number of amides is 1. The summed E-state index contributed by atoms with van der Waals surface area (Å²) in [5, 5.41) is 0.324. The average Bonchev–Trinajstić information content (AvgIpc) is 2.44. The number of nitrogens with one attached hydrogen (secondary N) is 1. The fraction of sp³-hybridized carbons (Fsp3) is 0.364. The highest BCUT2D eigenvalue weighted by atomic mass is 35.5. The van der Waals surface area contributed by atoms with Crippen LogP contribution in [0.15, 0.2) is 18.2 Å². The summed E-state index contributed by atoms with van der Waals surface area (Å²) >= 11 is 5.88. The van der Waals surface area contributed by atoms with Gasteiger partial charge in [0.25, 0.3) is 5.91 Å². The fourth-order valence-electron chi connectivity index (χ4n) is 1.52. The van der Waals surface area contributed by atoms with Gasteiger partial charge in [-0.2, -0.15) is 0 Å². The Bertz CT molecular complexity index is 591. The van der Waals surface area contributed by atoms with Crippen molar-refractivity contribution < 1.29 is 17.9 Å². The van der Waals surface area contributed by atoms with Gasteiger partial charge in [0, 0.05) is 5.02 Å². The molecule has 3 N–H and O–H groups in total. The number of hydrogen-bond donors (Lipinski definition) is 2. The molecule has 9 heteroatoms. The smallest absolute Gasteiger partial charge is 0.254 e. The first-order valence-corrected chi connectivity index (χ1v) is 7.67. The highest BCUT2D eigenvalue weighted by Crippen LogP contribution is 2.32. The van der Waals surface area contributed by atoms with E-state index < -0.39 is 22.5 Å². The van der Waals surface area contributed by atoms with Gasteiger partial charge in [-0.05, 0) is 25.1 Å². The summed E-state index contributed by atoms with van der Waals surface area (Å²) in [6, 6.07) is 4.50. The van der Waals surface area contributed by atoms with Crippen molar-refractivity contribution in [2.75, 3.05) is 23.7 Å². The van der Waals surface area contributed by atoms with Crippen LogP contribution in [-0.2, 0) is 14.8 Å². The number of carbonyl (C=O) groups is 1. The van der Waals surface area contributed by atoms with Gasteiger partial charge in [0.2, 0.25) is 10.0 Å². The first-order chi connectivity index (χ1) is 9.35. The third-order valence-corrected chi connectivity index (χ3v) is 4.52. The van der Waals surface area contributed by atoms with Gasteiger partial charge < -0.3 is 4.74 Å².